The van der Waals surface area contributed by atoms with Crippen molar-refractivity contribution in [3.63, 3.8) is 0 Å². The molecule has 1 heterocycles. The van der Waals surface area contributed by atoms with Crippen LogP contribution in [-0.4, -0.2) is 11.1 Å². The van der Waals surface area contributed by atoms with Gasteiger partial charge in [0.15, 0.2) is 5.76 Å². The third kappa shape index (κ3) is 2.58. The molecule has 0 saturated heterocycles. The van der Waals surface area contributed by atoms with Gasteiger partial charge in [0, 0.05) is 5.39 Å². The number of fused-ring (bicyclic) bond motifs is 1. The Morgan fingerprint density at radius 3 is 2.62 bits per heavy atom. The number of rotatable bonds is 4. The standard InChI is InChI=1S/C16H11ClO4/c17-11-6-2-4-8-13(11)20-9-14-15(16(18)19)10-5-1-3-7-12(10)21-14/h1-8H,9H2,(H,18,19). The normalized spacial score (nSPS) is 10.7. The molecular weight excluding hydrogens is 292 g/mol. The Morgan fingerprint density at radius 2 is 1.86 bits per heavy atom. The third-order valence-corrected chi connectivity index (χ3v) is 3.39. The number of halogens is 1. The van der Waals surface area contributed by atoms with Crippen LogP contribution in [0.3, 0.4) is 0 Å². The lowest BCUT2D eigenvalue weighted by atomic mass is 10.1. The number of benzene rings is 2. The average molecular weight is 303 g/mol. The second kappa shape index (κ2) is 5.50. The number of ether oxygens (including phenoxy) is 1. The van der Waals surface area contributed by atoms with Crippen molar-refractivity contribution in [1.82, 2.24) is 0 Å². The quantitative estimate of drug-likeness (QED) is 0.777. The first kappa shape index (κ1) is 13.5. The largest absolute Gasteiger partial charge is 0.484 e. The van der Waals surface area contributed by atoms with E-state index in [2.05, 4.69) is 0 Å². The lowest BCUT2D eigenvalue weighted by Gasteiger charge is -2.06. The van der Waals surface area contributed by atoms with E-state index in [0.717, 1.165) is 0 Å². The van der Waals surface area contributed by atoms with Gasteiger partial charge in [0.25, 0.3) is 0 Å². The number of aromatic carboxylic acids is 1. The van der Waals surface area contributed by atoms with Gasteiger partial charge in [-0.1, -0.05) is 41.9 Å². The molecule has 3 aromatic rings. The fourth-order valence-electron chi connectivity index (χ4n) is 2.14. The van der Waals surface area contributed by atoms with E-state index in [4.69, 9.17) is 20.8 Å². The van der Waals surface area contributed by atoms with E-state index >= 15 is 0 Å². The van der Waals surface area contributed by atoms with Crippen LogP contribution < -0.4 is 4.74 Å². The summed E-state index contributed by atoms with van der Waals surface area (Å²) < 4.78 is 11.1. The zero-order valence-corrected chi connectivity index (χ0v) is 11.6. The summed E-state index contributed by atoms with van der Waals surface area (Å²) in [6.45, 7) is 0.0000463. The van der Waals surface area contributed by atoms with E-state index < -0.39 is 5.97 Å². The van der Waals surface area contributed by atoms with Gasteiger partial charge in [-0.05, 0) is 18.2 Å². The molecule has 21 heavy (non-hydrogen) atoms. The number of para-hydroxylation sites is 2. The Balaban J connectivity index is 1.95. The van der Waals surface area contributed by atoms with Crippen molar-refractivity contribution < 1.29 is 19.1 Å². The Hall–Kier alpha value is -2.46. The number of furan rings is 1. The summed E-state index contributed by atoms with van der Waals surface area (Å²) in [5.74, 6) is -0.294. The first-order valence-corrected chi connectivity index (χ1v) is 6.65. The van der Waals surface area contributed by atoms with E-state index in [1.807, 2.05) is 0 Å². The first-order chi connectivity index (χ1) is 10.2. The molecule has 0 fully saturated rings. The minimum atomic E-state index is -1.04. The molecule has 0 spiro atoms. The maximum Gasteiger partial charge on any atom is 0.340 e. The van der Waals surface area contributed by atoms with E-state index in [9.17, 15) is 9.90 Å². The summed E-state index contributed by atoms with van der Waals surface area (Å²) in [6, 6.07) is 14.0. The fourth-order valence-corrected chi connectivity index (χ4v) is 2.33. The second-order valence-corrected chi connectivity index (χ2v) is 4.83. The highest BCUT2D eigenvalue weighted by Gasteiger charge is 2.20. The number of carboxylic acid groups (broad SMARTS) is 1. The van der Waals surface area contributed by atoms with Gasteiger partial charge in [-0.2, -0.15) is 0 Å². The van der Waals surface area contributed by atoms with Crippen LogP contribution in [0.5, 0.6) is 5.75 Å². The van der Waals surface area contributed by atoms with Crippen molar-refractivity contribution in [3.05, 3.63) is 64.9 Å². The van der Waals surface area contributed by atoms with Gasteiger partial charge in [0.2, 0.25) is 0 Å². The Bertz CT molecular complexity index is 807. The highest BCUT2D eigenvalue weighted by molar-refractivity contribution is 6.32. The Kier molecular flexibility index (Phi) is 3.54. The summed E-state index contributed by atoms with van der Waals surface area (Å²) in [5.41, 5.74) is 0.644. The average Bonchev–Trinajstić information content (AvgIpc) is 2.85. The van der Waals surface area contributed by atoms with Crippen LogP contribution in [0, 0.1) is 0 Å². The second-order valence-electron chi connectivity index (χ2n) is 4.42. The molecule has 2 aromatic carbocycles. The molecule has 0 aliphatic carbocycles. The molecule has 1 aromatic heterocycles. The summed E-state index contributed by atoms with van der Waals surface area (Å²) in [6.07, 6.45) is 0. The lowest BCUT2D eigenvalue weighted by molar-refractivity contribution is 0.0693. The predicted molar refractivity (Wildman–Crippen MR) is 79.0 cm³/mol. The van der Waals surface area contributed by atoms with Crippen LogP contribution in [0.2, 0.25) is 5.02 Å². The molecule has 0 bridgehead atoms. The molecule has 0 saturated carbocycles. The molecule has 5 heteroatoms. The van der Waals surface area contributed by atoms with Crippen LogP contribution in [-0.2, 0) is 6.61 Å². The van der Waals surface area contributed by atoms with Crippen molar-refractivity contribution in [2.45, 2.75) is 6.61 Å². The van der Waals surface area contributed by atoms with Gasteiger partial charge in [-0.15, -0.1) is 0 Å². The molecule has 0 aliphatic rings. The van der Waals surface area contributed by atoms with Crippen LogP contribution in [0.1, 0.15) is 16.1 Å². The van der Waals surface area contributed by atoms with E-state index in [1.165, 1.54) is 0 Å². The molecule has 1 N–H and O–H groups in total. The van der Waals surface area contributed by atoms with Crippen molar-refractivity contribution in [2.75, 3.05) is 0 Å². The smallest absolute Gasteiger partial charge is 0.340 e. The molecule has 3 rings (SSSR count). The molecular formula is C16H11ClO4. The van der Waals surface area contributed by atoms with Crippen LogP contribution in [0.15, 0.2) is 52.9 Å². The highest BCUT2D eigenvalue weighted by atomic mass is 35.5. The topological polar surface area (TPSA) is 59.7 Å². The molecule has 0 unspecified atom stereocenters. The Labute approximate surface area is 125 Å². The fraction of sp³-hybridized carbons (Fsp3) is 0.0625. The number of hydrogen-bond donors (Lipinski definition) is 1. The van der Waals surface area contributed by atoms with Gasteiger partial charge >= 0.3 is 5.97 Å². The minimum Gasteiger partial charge on any atom is -0.484 e. The predicted octanol–water partition coefficient (Wildman–Crippen LogP) is 4.36. The van der Waals surface area contributed by atoms with Crippen molar-refractivity contribution in [1.29, 1.82) is 0 Å². The number of carbonyl (C=O) groups is 1. The van der Waals surface area contributed by atoms with Gasteiger partial charge < -0.3 is 14.3 Å². The molecule has 4 nitrogen and oxygen atoms in total. The maximum absolute atomic E-state index is 11.4. The van der Waals surface area contributed by atoms with E-state index in [0.29, 0.717) is 21.7 Å². The summed E-state index contributed by atoms with van der Waals surface area (Å²) in [5, 5.41) is 10.4. The molecule has 106 valence electrons. The van der Waals surface area contributed by atoms with Gasteiger partial charge in [0.05, 0.1) is 5.02 Å². The van der Waals surface area contributed by atoms with Crippen molar-refractivity contribution in [3.8, 4) is 5.75 Å². The SMILES string of the molecule is O=C(O)c1c(COc2ccccc2Cl)oc2ccccc12. The van der Waals surface area contributed by atoms with Crippen molar-refractivity contribution in [2.24, 2.45) is 0 Å². The van der Waals surface area contributed by atoms with Crippen molar-refractivity contribution >= 4 is 28.5 Å². The Morgan fingerprint density at radius 1 is 1.14 bits per heavy atom. The summed E-state index contributed by atoms with van der Waals surface area (Å²) in [4.78, 5) is 11.4. The lowest BCUT2D eigenvalue weighted by Crippen LogP contribution is -2.03. The molecule has 0 radical (unpaired) electrons. The zero-order chi connectivity index (χ0) is 14.8. The maximum atomic E-state index is 11.4. The van der Waals surface area contributed by atoms with Gasteiger partial charge in [0.1, 0.15) is 23.5 Å². The third-order valence-electron chi connectivity index (χ3n) is 3.08. The molecule has 0 atom stereocenters. The summed E-state index contributed by atoms with van der Waals surface area (Å²) >= 11 is 6.00. The molecule has 0 aliphatic heterocycles. The van der Waals surface area contributed by atoms with Crippen LogP contribution in [0.25, 0.3) is 11.0 Å². The van der Waals surface area contributed by atoms with E-state index in [1.54, 1.807) is 48.5 Å². The monoisotopic (exact) mass is 302 g/mol. The summed E-state index contributed by atoms with van der Waals surface area (Å²) in [7, 11) is 0. The van der Waals surface area contributed by atoms with Crippen LogP contribution >= 0.6 is 11.6 Å². The number of carboxylic acids is 1. The zero-order valence-electron chi connectivity index (χ0n) is 10.9. The first-order valence-electron chi connectivity index (χ1n) is 6.28. The van der Waals surface area contributed by atoms with Crippen LogP contribution in [0.4, 0.5) is 0 Å². The minimum absolute atomic E-state index is 0.0000463. The number of hydrogen-bond acceptors (Lipinski definition) is 3. The molecule has 0 amide bonds. The van der Waals surface area contributed by atoms with Gasteiger partial charge in [-0.3, -0.25) is 0 Å². The van der Waals surface area contributed by atoms with Gasteiger partial charge in [-0.25, -0.2) is 4.79 Å². The van der Waals surface area contributed by atoms with E-state index in [-0.39, 0.29) is 17.9 Å². The highest BCUT2D eigenvalue weighted by Crippen LogP contribution is 2.29.